The molecular weight excluding hydrogens is 278 g/mol. The number of allylic oxidation sites excluding steroid dienone is 5. The fraction of sp³-hybridized carbons (Fsp3) is 0.0714. The molecule has 0 aliphatic carbocycles. The molecule has 106 valence electrons. The Bertz CT molecular complexity index is 663. The molecule has 0 aromatic rings. The molecule has 2 rings (SSSR count). The second-order valence-corrected chi connectivity index (χ2v) is 3.89. The monoisotopic (exact) mass is 287 g/mol. The van der Waals surface area contributed by atoms with E-state index in [2.05, 4.69) is 9.73 Å². The van der Waals surface area contributed by atoms with Gasteiger partial charge in [-0.15, -0.1) is 0 Å². The molecule has 0 aromatic heterocycles. The number of carbonyl (C=O) groups is 4. The Morgan fingerprint density at radius 1 is 0.952 bits per heavy atom. The molecule has 0 N–H and O–H groups in total. The second-order valence-electron chi connectivity index (χ2n) is 3.89. The molecule has 2 aliphatic heterocycles. The van der Waals surface area contributed by atoms with E-state index in [1.54, 1.807) is 0 Å². The Kier molecular flexibility index (Phi) is 4.35. The predicted octanol–water partition coefficient (Wildman–Crippen LogP) is 1.17. The Labute approximate surface area is 118 Å². The molecule has 2 aliphatic rings. The number of hydrogen-bond acceptors (Lipinski definition) is 6. The molecule has 7 nitrogen and oxygen atoms in total. The molecule has 0 atom stereocenters. The average molecular weight is 287 g/mol. The van der Waals surface area contributed by atoms with Gasteiger partial charge in [-0.05, 0) is 12.2 Å². The van der Waals surface area contributed by atoms with Gasteiger partial charge in [0.2, 0.25) is 0 Å². The zero-order valence-corrected chi connectivity index (χ0v) is 10.6. The summed E-state index contributed by atoms with van der Waals surface area (Å²) in [6.45, 7) is 0. The fourth-order valence-electron chi connectivity index (χ4n) is 1.45. The lowest BCUT2D eigenvalue weighted by atomic mass is 10.2. The molecule has 0 saturated heterocycles. The van der Waals surface area contributed by atoms with Crippen LogP contribution in [0.4, 0.5) is 4.79 Å². The zero-order chi connectivity index (χ0) is 15.2. The summed E-state index contributed by atoms with van der Waals surface area (Å²) in [5, 5.41) is 0. The first-order chi connectivity index (χ1) is 10.0. The van der Waals surface area contributed by atoms with E-state index in [0.29, 0.717) is 0 Å². The van der Waals surface area contributed by atoms with Gasteiger partial charge in [-0.25, -0.2) is 9.59 Å². The van der Waals surface area contributed by atoms with Gasteiger partial charge in [0, 0.05) is 12.2 Å². The van der Waals surface area contributed by atoms with Crippen molar-refractivity contribution < 1.29 is 28.7 Å². The average Bonchev–Trinajstić information content (AvgIpc) is 2.75. The molecule has 0 unspecified atom stereocenters. The number of ketones is 1. The van der Waals surface area contributed by atoms with Crippen molar-refractivity contribution in [3.05, 3.63) is 48.3 Å². The molecule has 21 heavy (non-hydrogen) atoms. The molecule has 0 fully saturated rings. The van der Waals surface area contributed by atoms with E-state index in [-0.39, 0.29) is 17.9 Å². The highest BCUT2D eigenvalue weighted by molar-refractivity contribution is 6.19. The zero-order valence-electron chi connectivity index (χ0n) is 10.6. The minimum Gasteiger partial charge on any atom is -0.406 e. The Balaban J connectivity index is 2.33. The Hall–Kier alpha value is -3.09. The van der Waals surface area contributed by atoms with Crippen molar-refractivity contribution >= 4 is 29.5 Å². The molecule has 2 heterocycles. The number of esters is 2. The van der Waals surface area contributed by atoms with Crippen LogP contribution >= 0.6 is 0 Å². The minimum absolute atomic E-state index is 0.00116. The molecule has 0 saturated carbocycles. The van der Waals surface area contributed by atoms with Crippen LogP contribution in [0.2, 0.25) is 0 Å². The molecule has 0 spiro atoms. The SMILES string of the molecule is O=C1C=CC=CCC(=O)OC(=O)C=CC2=NC(=O)OC2=C1. The van der Waals surface area contributed by atoms with Gasteiger partial charge < -0.3 is 9.47 Å². The summed E-state index contributed by atoms with van der Waals surface area (Å²) in [7, 11) is 0. The summed E-state index contributed by atoms with van der Waals surface area (Å²) < 4.78 is 9.21. The highest BCUT2D eigenvalue weighted by Gasteiger charge is 2.21. The number of hydrogen-bond donors (Lipinski definition) is 0. The van der Waals surface area contributed by atoms with E-state index in [1.807, 2.05) is 0 Å². The van der Waals surface area contributed by atoms with E-state index in [4.69, 9.17) is 4.74 Å². The number of nitrogens with zero attached hydrogens (tertiary/aromatic N) is 1. The standard InChI is InChI=1S/C14H9NO6/c16-9-4-2-1-3-5-12(17)21-13(18)7-6-10-11(8-9)20-14(19)15-10/h1-4,6-8H,5H2. The van der Waals surface area contributed by atoms with Crippen molar-refractivity contribution in [2.45, 2.75) is 6.42 Å². The summed E-state index contributed by atoms with van der Waals surface area (Å²) in [6.07, 6.45) is 7.63. The summed E-state index contributed by atoms with van der Waals surface area (Å²) in [5.74, 6) is -2.16. The highest BCUT2D eigenvalue weighted by Crippen LogP contribution is 2.13. The third-order valence-corrected chi connectivity index (χ3v) is 2.32. The maximum absolute atomic E-state index is 11.6. The highest BCUT2D eigenvalue weighted by atomic mass is 16.6. The topological polar surface area (TPSA) is 99.1 Å². The molecule has 7 heteroatoms. The summed E-state index contributed by atoms with van der Waals surface area (Å²) >= 11 is 0. The van der Waals surface area contributed by atoms with Crippen LogP contribution in [0.5, 0.6) is 0 Å². The van der Waals surface area contributed by atoms with Gasteiger partial charge in [-0.3, -0.25) is 9.59 Å². The molecule has 0 aromatic carbocycles. The van der Waals surface area contributed by atoms with E-state index in [9.17, 15) is 19.2 Å². The lowest BCUT2D eigenvalue weighted by Crippen LogP contribution is -2.09. The normalized spacial score (nSPS) is 19.4. The van der Waals surface area contributed by atoms with E-state index < -0.39 is 23.8 Å². The maximum atomic E-state index is 11.6. The first kappa shape index (κ1) is 14.3. The number of ether oxygens (including phenoxy) is 2. The van der Waals surface area contributed by atoms with Crippen molar-refractivity contribution in [3.8, 4) is 0 Å². The lowest BCUT2D eigenvalue weighted by molar-refractivity contribution is -0.155. The van der Waals surface area contributed by atoms with Crippen LogP contribution in [0.3, 0.4) is 0 Å². The predicted molar refractivity (Wildman–Crippen MR) is 70.1 cm³/mol. The van der Waals surface area contributed by atoms with Crippen molar-refractivity contribution in [3.63, 3.8) is 0 Å². The number of amides is 1. The van der Waals surface area contributed by atoms with Crippen LogP contribution in [0.1, 0.15) is 6.42 Å². The second kappa shape index (κ2) is 6.38. The molecule has 0 radical (unpaired) electrons. The van der Waals surface area contributed by atoms with Crippen LogP contribution in [-0.4, -0.2) is 29.5 Å². The van der Waals surface area contributed by atoms with Crippen LogP contribution in [0.15, 0.2) is 53.3 Å². The number of aliphatic imine (C=N–C) groups is 1. The maximum Gasteiger partial charge on any atom is 0.439 e. The smallest absolute Gasteiger partial charge is 0.406 e. The van der Waals surface area contributed by atoms with Gasteiger partial charge in [-0.1, -0.05) is 18.2 Å². The van der Waals surface area contributed by atoms with Crippen molar-refractivity contribution in [2.24, 2.45) is 4.99 Å². The Morgan fingerprint density at radius 2 is 1.76 bits per heavy atom. The number of carbonyl (C=O) groups excluding carboxylic acids is 4. The van der Waals surface area contributed by atoms with Crippen LogP contribution in [0, 0.1) is 0 Å². The van der Waals surface area contributed by atoms with Crippen molar-refractivity contribution in [1.29, 1.82) is 0 Å². The quantitative estimate of drug-likeness (QED) is 0.490. The fourth-order valence-corrected chi connectivity index (χ4v) is 1.45. The first-order valence-corrected chi connectivity index (χ1v) is 5.87. The van der Waals surface area contributed by atoms with E-state index >= 15 is 0 Å². The van der Waals surface area contributed by atoms with E-state index in [1.165, 1.54) is 24.3 Å². The molecular formula is C14H9NO6. The van der Waals surface area contributed by atoms with E-state index in [0.717, 1.165) is 18.2 Å². The van der Waals surface area contributed by atoms with Crippen LogP contribution < -0.4 is 0 Å². The number of cyclic esters (lactones) is 2. The van der Waals surface area contributed by atoms with Crippen LogP contribution in [0.25, 0.3) is 0 Å². The van der Waals surface area contributed by atoms with Gasteiger partial charge in [0.25, 0.3) is 0 Å². The largest absolute Gasteiger partial charge is 0.439 e. The number of rotatable bonds is 0. The summed E-state index contributed by atoms with van der Waals surface area (Å²) in [4.78, 5) is 48.8. The summed E-state index contributed by atoms with van der Waals surface area (Å²) in [5.41, 5.74) is -0.00116. The van der Waals surface area contributed by atoms with Gasteiger partial charge in [-0.2, -0.15) is 4.99 Å². The van der Waals surface area contributed by atoms with Gasteiger partial charge in [0.05, 0.1) is 6.42 Å². The third kappa shape index (κ3) is 4.20. The summed E-state index contributed by atoms with van der Waals surface area (Å²) in [6, 6.07) is 0. The van der Waals surface area contributed by atoms with Gasteiger partial charge in [0.15, 0.2) is 11.5 Å². The molecule has 0 bridgehead atoms. The molecule has 1 amide bonds. The van der Waals surface area contributed by atoms with Gasteiger partial charge >= 0.3 is 18.0 Å². The third-order valence-electron chi connectivity index (χ3n) is 2.32. The number of fused-ring (bicyclic) bond motifs is 1. The lowest BCUT2D eigenvalue weighted by Gasteiger charge is -1.98. The van der Waals surface area contributed by atoms with Crippen LogP contribution in [-0.2, 0) is 23.9 Å². The Morgan fingerprint density at radius 3 is 2.57 bits per heavy atom. The van der Waals surface area contributed by atoms with Crippen molar-refractivity contribution in [1.82, 2.24) is 0 Å². The first-order valence-electron chi connectivity index (χ1n) is 5.87. The van der Waals surface area contributed by atoms with Crippen molar-refractivity contribution in [2.75, 3.05) is 0 Å². The minimum atomic E-state index is -0.909. The van der Waals surface area contributed by atoms with Gasteiger partial charge in [0.1, 0.15) is 5.71 Å².